The molecule has 0 aromatic heterocycles. The van der Waals surface area contributed by atoms with Crippen molar-refractivity contribution in [1.29, 1.82) is 0 Å². The first-order valence-corrected chi connectivity index (χ1v) is 48.7. The van der Waals surface area contributed by atoms with Gasteiger partial charge < -0.3 is 39.4 Å². The number of rotatable bonds is 13. The summed E-state index contributed by atoms with van der Waals surface area (Å²) in [6.07, 6.45) is -11.5. The number of hydrogen-bond acceptors (Lipinski definition) is 10. The summed E-state index contributed by atoms with van der Waals surface area (Å²) in [7, 11) is -3.34. The van der Waals surface area contributed by atoms with Gasteiger partial charge in [-0.05, 0) is 361 Å². The zero-order valence-corrected chi connectivity index (χ0v) is 85.7. The lowest BCUT2D eigenvalue weighted by Gasteiger charge is -2.38. The zero-order valence-electron chi connectivity index (χ0n) is 84.9. The Hall–Kier alpha value is -14.6. The van der Waals surface area contributed by atoms with E-state index in [4.69, 9.17) is 18.9 Å². The van der Waals surface area contributed by atoms with Crippen molar-refractivity contribution >= 4 is 9.84 Å². The predicted molar refractivity (Wildman–Crippen MR) is 562 cm³/mol. The average molecular weight is 1930 g/mol. The number of phenols is 4. The molecule has 732 valence electrons. The molecular formula is C125H124F6O10S. The number of alkyl halides is 6. The van der Waals surface area contributed by atoms with E-state index in [2.05, 4.69) is 262 Å². The second-order valence-corrected chi connectivity index (χ2v) is 41.4. The van der Waals surface area contributed by atoms with Crippen LogP contribution >= 0.6 is 0 Å². The Morgan fingerprint density at radius 1 is 0.268 bits per heavy atom. The number of phenolic OH excluding ortho intramolecular Hbond substituents is 4. The summed E-state index contributed by atoms with van der Waals surface area (Å²) >= 11 is 0. The van der Waals surface area contributed by atoms with Crippen LogP contribution in [-0.2, 0) is 31.5 Å². The lowest BCUT2D eigenvalue weighted by Crippen LogP contribution is -2.54. The lowest BCUT2D eigenvalue weighted by molar-refractivity contribution is -0.288. The lowest BCUT2D eigenvalue weighted by atomic mass is 9.67. The third-order valence-electron chi connectivity index (χ3n) is 26.5. The van der Waals surface area contributed by atoms with E-state index in [1.807, 2.05) is 133 Å². The Labute approximate surface area is 832 Å². The summed E-state index contributed by atoms with van der Waals surface area (Å²) in [5, 5.41) is 38.6. The number of aromatic hydroxyl groups is 4. The third kappa shape index (κ3) is 22.6. The number of fused-ring (bicyclic) bond motifs is 6. The standard InChI is InChI=1S/C28H34O2.C27H22.C23H24O2.C17H14F6O2.C16H16O2S.C14H14O2/c1-19-9-13-21(14-10-19)29-25-17-24(28(6,7)8)26(18-23(25)27(3,4)5)30-22-15-11-20(2)12-16-22;1-19-11-15-21(16-12-19)27(22-17-13-20(2)14-18-22)25-9-5-3-7-23(25)24-8-4-6-10-26(24)27;1-15-6-10-20(11-7-15)24-22-14-17(3)23(19(5)18(22)4)25-21-12-8-16(2)9-13-21;1-9-3-5-11(7-13(9)24)15(16(18,19)20,17(21,22)23)12-6-4-10(2)14(25)8-12;1-9-5-13-14-6-10(2)12(4)8-16(14)19(17,18)15(13)7-11(9)3;1-9-3-5-11(7-13(9)15)12-6-4-10(2)14(16)8-12/h9-18H,1-8H3;3-18H,1-2H3;6-14H,1-5H3;3-8,24-25H,1-2H3;5-8H,1-4H3;3-8,15-16H,1-2H3. The van der Waals surface area contributed by atoms with Crippen LogP contribution in [0.5, 0.6) is 69.0 Å². The van der Waals surface area contributed by atoms with E-state index in [1.54, 1.807) is 24.3 Å². The van der Waals surface area contributed by atoms with E-state index < -0.39 is 50.2 Å². The molecule has 1 heterocycles. The van der Waals surface area contributed by atoms with Crippen molar-refractivity contribution < 1.29 is 74.1 Å². The van der Waals surface area contributed by atoms with Crippen LogP contribution in [0.25, 0.3) is 33.4 Å². The van der Waals surface area contributed by atoms with Gasteiger partial charge in [0.05, 0.1) is 15.2 Å². The second-order valence-electron chi connectivity index (χ2n) is 39.5. The van der Waals surface area contributed by atoms with Gasteiger partial charge in [-0.3, -0.25) is 0 Å². The van der Waals surface area contributed by atoms with Gasteiger partial charge in [-0.15, -0.1) is 0 Å². The van der Waals surface area contributed by atoms with E-state index in [-0.39, 0.29) is 38.9 Å². The maximum absolute atomic E-state index is 13.8. The molecule has 0 radical (unpaired) electrons. The SMILES string of the molecule is Cc1cc2c(cc1C)S(=O)(=O)c1cc(C)c(C)cc1-2.Cc1ccc(-c2ccc(C)c(O)c2)cc1O.Cc1ccc(C(c2ccc(C)c(O)c2)(C(F)(F)F)C(F)(F)F)cc1O.Cc1ccc(C2(c3ccc(C)cc3)c3ccccc3-c3ccccc32)cc1.Cc1ccc(Oc2cc(C(C)(C)C)c(Oc3ccc(C)cc3)cc2C(C)(C)C)cc1.Cc1ccc(Oc2cc(C)c(Oc3ccc(C)cc3)c(C)c2C)cc1. The first-order chi connectivity index (χ1) is 66.8. The van der Waals surface area contributed by atoms with Gasteiger partial charge in [-0.1, -0.05) is 269 Å². The summed E-state index contributed by atoms with van der Waals surface area (Å²) in [5.74, 6) is 6.10. The van der Waals surface area contributed by atoms with Crippen molar-refractivity contribution in [2.24, 2.45) is 0 Å². The van der Waals surface area contributed by atoms with Crippen LogP contribution in [0.15, 0.2) is 319 Å². The molecule has 1 aliphatic carbocycles. The number of ether oxygens (including phenoxy) is 4. The van der Waals surface area contributed by atoms with Crippen LogP contribution in [0.1, 0.15) is 181 Å². The Balaban J connectivity index is 0.000000145. The molecule has 2 aliphatic rings. The molecule has 0 spiro atoms. The molecular weight excluding hydrogens is 1810 g/mol. The summed E-state index contributed by atoms with van der Waals surface area (Å²) in [4.78, 5) is 0.909. The summed E-state index contributed by atoms with van der Waals surface area (Å²) in [6.45, 7) is 46.4. The molecule has 0 atom stereocenters. The van der Waals surface area contributed by atoms with Crippen LogP contribution in [0.3, 0.4) is 0 Å². The van der Waals surface area contributed by atoms with Gasteiger partial charge in [-0.2, -0.15) is 26.3 Å². The molecule has 0 fully saturated rings. The molecule has 1 aliphatic heterocycles. The van der Waals surface area contributed by atoms with Gasteiger partial charge in [0.15, 0.2) is 0 Å². The quantitative estimate of drug-likeness (QED) is 0.0821. The van der Waals surface area contributed by atoms with Gasteiger partial charge >= 0.3 is 12.4 Å². The van der Waals surface area contributed by atoms with E-state index >= 15 is 0 Å². The average Bonchev–Trinajstić information content (AvgIpc) is 1.33. The molecule has 16 aromatic rings. The molecule has 0 saturated heterocycles. The number of aryl methyl sites for hydroxylation is 15. The molecule has 0 saturated carbocycles. The van der Waals surface area contributed by atoms with Gasteiger partial charge in [0.1, 0.15) is 69.0 Å². The molecule has 17 heteroatoms. The summed E-state index contributed by atoms with van der Waals surface area (Å²) in [5.41, 5.74) is 23.6. The molecule has 142 heavy (non-hydrogen) atoms. The van der Waals surface area contributed by atoms with Crippen LogP contribution in [0, 0.1) is 118 Å². The van der Waals surface area contributed by atoms with E-state index in [9.17, 15) is 55.2 Å². The van der Waals surface area contributed by atoms with Crippen molar-refractivity contribution in [3.8, 4) is 102 Å². The Bertz CT molecular complexity index is 7050. The minimum absolute atomic E-state index is 0.0954. The van der Waals surface area contributed by atoms with Crippen LogP contribution in [-0.4, -0.2) is 41.2 Å². The van der Waals surface area contributed by atoms with Crippen molar-refractivity contribution in [3.63, 3.8) is 0 Å². The van der Waals surface area contributed by atoms with Gasteiger partial charge in [0.25, 0.3) is 0 Å². The fourth-order valence-corrected chi connectivity index (χ4v) is 19.4. The van der Waals surface area contributed by atoms with Gasteiger partial charge in [0.2, 0.25) is 15.3 Å². The topological polar surface area (TPSA) is 152 Å². The van der Waals surface area contributed by atoms with Crippen molar-refractivity contribution in [2.45, 2.75) is 203 Å². The zero-order chi connectivity index (χ0) is 103. The molecule has 16 aromatic carbocycles. The first kappa shape index (κ1) is 105. The summed E-state index contributed by atoms with van der Waals surface area (Å²) < 4.78 is 133. The molecule has 4 N–H and O–H groups in total. The smallest absolute Gasteiger partial charge is 0.411 e. The highest BCUT2D eigenvalue weighted by Gasteiger charge is 2.73. The maximum atomic E-state index is 13.8. The Morgan fingerprint density at radius 2 is 0.556 bits per heavy atom. The Morgan fingerprint density at radius 3 is 0.866 bits per heavy atom. The van der Waals surface area contributed by atoms with Crippen LogP contribution < -0.4 is 18.9 Å². The molecule has 18 rings (SSSR count). The highest BCUT2D eigenvalue weighted by molar-refractivity contribution is 7.92. The number of sulfone groups is 1. The molecule has 0 bridgehead atoms. The van der Waals surface area contributed by atoms with Crippen molar-refractivity contribution in [1.82, 2.24) is 0 Å². The molecule has 0 amide bonds. The fourth-order valence-electron chi connectivity index (χ4n) is 17.5. The van der Waals surface area contributed by atoms with E-state index in [0.29, 0.717) is 34.1 Å². The van der Waals surface area contributed by atoms with E-state index in [0.717, 1.165) is 142 Å². The molecule has 0 unspecified atom stereocenters. The van der Waals surface area contributed by atoms with Crippen LogP contribution in [0.2, 0.25) is 0 Å². The predicted octanol–water partition coefficient (Wildman–Crippen LogP) is 34.2. The second kappa shape index (κ2) is 42.1. The normalized spacial score (nSPS) is 12.5. The largest absolute Gasteiger partial charge is 0.508 e. The monoisotopic (exact) mass is 1930 g/mol. The maximum Gasteiger partial charge on any atom is 0.411 e. The van der Waals surface area contributed by atoms with Gasteiger partial charge in [0, 0.05) is 22.3 Å². The van der Waals surface area contributed by atoms with Crippen molar-refractivity contribution in [2.75, 3.05) is 0 Å². The minimum atomic E-state index is -5.77. The van der Waals surface area contributed by atoms with Crippen molar-refractivity contribution in [3.05, 3.63) is 448 Å². The van der Waals surface area contributed by atoms with E-state index in [1.165, 1.54) is 80.6 Å². The fraction of sp³-hybridized carbons (Fsp3) is 0.232. The third-order valence-corrected chi connectivity index (χ3v) is 28.4. The number of halogens is 6. The Kier molecular flexibility index (Phi) is 31.1. The van der Waals surface area contributed by atoms with Crippen LogP contribution in [0.4, 0.5) is 26.3 Å². The highest BCUT2D eigenvalue weighted by Crippen LogP contribution is 2.59. The highest BCUT2D eigenvalue weighted by atomic mass is 32.2. The number of benzene rings is 16. The minimum Gasteiger partial charge on any atom is -0.508 e. The molecule has 10 nitrogen and oxygen atoms in total. The van der Waals surface area contributed by atoms with Gasteiger partial charge in [-0.25, -0.2) is 8.42 Å². The number of hydrogen-bond donors (Lipinski definition) is 4. The summed E-state index contributed by atoms with van der Waals surface area (Å²) in [6, 6.07) is 97.6. The first-order valence-electron chi connectivity index (χ1n) is 47.2.